The Bertz CT molecular complexity index is 716. The first kappa shape index (κ1) is 16.0. The Morgan fingerprint density at radius 1 is 1.19 bits per heavy atom. The number of benzene rings is 1. The van der Waals surface area contributed by atoms with Gasteiger partial charge in [0.25, 0.3) is 0 Å². The van der Waals surface area contributed by atoms with Gasteiger partial charge < -0.3 is 5.32 Å². The van der Waals surface area contributed by atoms with Crippen LogP contribution in [0.15, 0.2) is 34.5 Å². The third kappa shape index (κ3) is 3.65. The molecule has 1 heterocycles. The Balaban J connectivity index is 2.29. The van der Waals surface area contributed by atoms with E-state index in [0.29, 0.717) is 0 Å². The summed E-state index contributed by atoms with van der Waals surface area (Å²) in [6.45, 7) is -0.0237. The van der Waals surface area contributed by atoms with Crippen LogP contribution in [0.4, 0.5) is 8.78 Å². The average Bonchev–Trinajstić information content (AvgIpc) is 2.94. The minimum Gasteiger partial charge on any atom is -0.315 e. The highest BCUT2D eigenvalue weighted by Gasteiger charge is 2.23. The highest BCUT2D eigenvalue weighted by Crippen LogP contribution is 2.21. The summed E-state index contributed by atoms with van der Waals surface area (Å²) in [7, 11) is -2.51. The van der Waals surface area contributed by atoms with E-state index in [1.165, 1.54) is 18.4 Å². The molecule has 0 saturated carbocycles. The van der Waals surface area contributed by atoms with Crippen LogP contribution in [-0.2, 0) is 23.1 Å². The van der Waals surface area contributed by atoms with Crippen LogP contribution < -0.4 is 10.0 Å². The maximum Gasteiger partial charge on any atom is 0.243 e. The van der Waals surface area contributed by atoms with Gasteiger partial charge in [0.2, 0.25) is 10.0 Å². The number of rotatable bonds is 6. The molecular weight excluding hydrogens is 318 g/mol. The molecule has 0 saturated heterocycles. The van der Waals surface area contributed by atoms with Gasteiger partial charge in [-0.3, -0.25) is 0 Å². The van der Waals surface area contributed by atoms with Crippen LogP contribution in [0.2, 0.25) is 0 Å². The fourth-order valence-corrected chi connectivity index (χ4v) is 3.62. The van der Waals surface area contributed by atoms with Gasteiger partial charge in [0.05, 0.1) is 0 Å². The fraction of sp³-hybridized carbons (Fsp3) is 0.231. The molecule has 21 heavy (non-hydrogen) atoms. The van der Waals surface area contributed by atoms with Crippen molar-refractivity contribution in [3.63, 3.8) is 0 Å². The van der Waals surface area contributed by atoms with E-state index in [9.17, 15) is 17.2 Å². The van der Waals surface area contributed by atoms with E-state index < -0.39 is 26.6 Å². The lowest BCUT2D eigenvalue weighted by Crippen LogP contribution is -2.25. The molecule has 1 aromatic carbocycles. The van der Waals surface area contributed by atoms with Crippen molar-refractivity contribution in [1.29, 1.82) is 0 Å². The molecule has 0 spiro atoms. The Morgan fingerprint density at radius 3 is 2.57 bits per heavy atom. The molecule has 0 bridgehead atoms. The molecule has 0 aliphatic heterocycles. The van der Waals surface area contributed by atoms with E-state index in [-0.39, 0.29) is 18.7 Å². The van der Waals surface area contributed by atoms with Crippen molar-refractivity contribution in [3.05, 3.63) is 51.7 Å². The summed E-state index contributed by atoms with van der Waals surface area (Å²) in [4.78, 5) is 0.252. The zero-order chi connectivity index (χ0) is 15.5. The predicted molar refractivity (Wildman–Crippen MR) is 77.5 cm³/mol. The van der Waals surface area contributed by atoms with E-state index >= 15 is 0 Å². The summed E-state index contributed by atoms with van der Waals surface area (Å²) in [6, 6.07) is 5.44. The zero-order valence-corrected chi connectivity index (χ0v) is 12.8. The maximum atomic E-state index is 14.2. The summed E-state index contributed by atoms with van der Waals surface area (Å²) >= 11 is 1.39. The topological polar surface area (TPSA) is 58.2 Å². The van der Waals surface area contributed by atoms with Crippen molar-refractivity contribution in [1.82, 2.24) is 10.0 Å². The second kappa shape index (κ2) is 6.61. The minimum atomic E-state index is -4.04. The molecule has 0 amide bonds. The Hall–Kier alpha value is -1.35. The first-order valence-corrected chi connectivity index (χ1v) is 8.45. The maximum absolute atomic E-state index is 14.2. The van der Waals surface area contributed by atoms with Crippen molar-refractivity contribution in [2.45, 2.75) is 18.0 Å². The summed E-state index contributed by atoms with van der Waals surface area (Å²) in [5.74, 6) is -1.85. The summed E-state index contributed by atoms with van der Waals surface area (Å²) < 4.78 is 54.3. The summed E-state index contributed by atoms with van der Waals surface area (Å²) in [5, 5.41) is 4.42. The monoisotopic (exact) mass is 332 g/mol. The smallest absolute Gasteiger partial charge is 0.243 e. The van der Waals surface area contributed by atoms with Gasteiger partial charge in [-0.05, 0) is 30.6 Å². The van der Waals surface area contributed by atoms with Gasteiger partial charge in [-0.1, -0.05) is 6.07 Å². The number of halogens is 2. The first-order chi connectivity index (χ1) is 9.95. The lowest BCUT2D eigenvalue weighted by Gasteiger charge is -2.10. The van der Waals surface area contributed by atoms with Crippen molar-refractivity contribution < 1.29 is 17.2 Å². The van der Waals surface area contributed by atoms with Gasteiger partial charge in [0, 0.05) is 23.5 Å². The van der Waals surface area contributed by atoms with Crippen LogP contribution in [-0.4, -0.2) is 15.5 Å². The molecule has 4 nitrogen and oxygen atoms in total. The summed E-state index contributed by atoms with van der Waals surface area (Å²) in [5.41, 5.74) is -0.295. The van der Waals surface area contributed by atoms with Crippen LogP contribution in [0.1, 0.15) is 10.4 Å². The zero-order valence-electron chi connectivity index (χ0n) is 11.2. The Kier molecular flexibility index (Phi) is 5.04. The van der Waals surface area contributed by atoms with Crippen LogP contribution >= 0.6 is 11.3 Å². The molecule has 1 aromatic heterocycles. The van der Waals surface area contributed by atoms with Crippen LogP contribution in [0.3, 0.4) is 0 Å². The lowest BCUT2D eigenvalue weighted by molar-refractivity contribution is 0.518. The molecule has 0 aliphatic rings. The van der Waals surface area contributed by atoms with Gasteiger partial charge in [-0.2, -0.15) is 0 Å². The van der Waals surface area contributed by atoms with Gasteiger partial charge in [0.1, 0.15) is 10.7 Å². The second-order valence-electron chi connectivity index (χ2n) is 4.27. The average molecular weight is 332 g/mol. The largest absolute Gasteiger partial charge is 0.315 e. The fourth-order valence-electron chi connectivity index (χ4n) is 1.78. The number of thiophene rings is 1. The second-order valence-corrected chi connectivity index (χ2v) is 7.04. The van der Waals surface area contributed by atoms with Gasteiger partial charge in [-0.25, -0.2) is 21.9 Å². The molecule has 0 atom stereocenters. The highest BCUT2D eigenvalue weighted by atomic mass is 32.2. The molecule has 114 valence electrons. The van der Waals surface area contributed by atoms with Crippen molar-refractivity contribution in [3.8, 4) is 0 Å². The quantitative estimate of drug-likeness (QED) is 0.853. The standard InChI is InChI=1S/C13H14F2N2O2S2/c1-16-8-10-11(14)4-5-12(13(10)15)21(18,19)17-7-9-3-2-6-20-9/h2-6,16-17H,7-8H2,1H3. The normalized spacial score (nSPS) is 11.8. The van der Waals surface area contributed by atoms with Gasteiger partial charge >= 0.3 is 0 Å². The predicted octanol–water partition coefficient (Wildman–Crippen LogP) is 2.22. The number of hydrogen-bond acceptors (Lipinski definition) is 4. The van der Waals surface area contributed by atoms with Crippen LogP contribution in [0.25, 0.3) is 0 Å². The molecule has 2 N–H and O–H groups in total. The Labute approximate surface area is 125 Å². The molecule has 2 rings (SSSR count). The lowest BCUT2D eigenvalue weighted by atomic mass is 10.2. The summed E-state index contributed by atoms with van der Waals surface area (Å²) in [6.07, 6.45) is 0. The number of hydrogen-bond donors (Lipinski definition) is 2. The van der Waals surface area contributed by atoms with Crippen molar-refractivity contribution in [2.75, 3.05) is 7.05 Å². The molecule has 8 heteroatoms. The van der Waals surface area contributed by atoms with E-state index in [4.69, 9.17) is 0 Å². The van der Waals surface area contributed by atoms with Crippen LogP contribution in [0.5, 0.6) is 0 Å². The third-order valence-corrected chi connectivity index (χ3v) is 5.11. The molecule has 0 aliphatic carbocycles. The molecular formula is C13H14F2N2O2S2. The van der Waals surface area contributed by atoms with Crippen LogP contribution in [0, 0.1) is 11.6 Å². The molecule has 0 unspecified atom stereocenters. The molecule has 0 fully saturated rings. The van der Waals surface area contributed by atoms with Crippen molar-refractivity contribution in [2.24, 2.45) is 0 Å². The number of nitrogens with one attached hydrogen (secondary N) is 2. The first-order valence-electron chi connectivity index (χ1n) is 6.09. The molecule has 2 aromatic rings. The molecule has 0 radical (unpaired) electrons. The van der Waals surface area contributed by atoms with Gasteiger partial charge in [-0.15, -0.1) is 11.3 Å². The minimum absolute atomic E-state index is 0.0676. The van der Waals surface area contributed by atoms with E-state index in [1.807, 2.05) is 5.38 Å². The Morgan fingerprint density at radius 2 is 1.95 bits per heavy atom. The van der Waals surface area contributed by atoms with E-state index in [1.54, 1.807) is 12.1 Å². The highest BCUT2D eigenvalue weighted by molar-refractivity contribution is 7.89. The number of sulfonamides is 1. The van der Waals surface area contributed by atoms with Crippen molar-refractivity contribution >= 4 is 21.4 Å². The third-order valence-electron chi connectivity index (χ3n) is 2.81. The SMILES string of the molecule is CNCc1c(F)ccc(S(=O)(=O)NCc2cccs2)c1F. The van der Waals surface area contributed by atoms with E-state index in [0.717, 1.165) is 17.0 Å². The van der Waals surface area contributed by atoms with E-state index in [2.05, 4.69) is 10.0 Å². The van der Waals surface area contributed by atoms with Gasteiger partial charge in [0.15, 0.2) is 5.82 Å².